The van der Waals surface area contributed by atoms with Crippen LogP contribution in [0, 0.1) is 6.92 Å². The van der Waals surface area contributed by atoms with Crippen LogP contribution >= 0.6 is 35.1 Å². The number of hydrogen-bond acceptors (Lipinski definition) is 6. The fourth-order valence-corrected chi connectivity index (χ4v) is 4.78. The Morgan fingerprint density at radius 1 is 1.06 bits per heavy atom. The van der Waals surface area contributed by atoms with Crippen molar-refractivity contribution in [2.75, 3.05) is 12.4 Å². The Bertz CT molecular complexity index is 1280. The highest BCUT2D eigenvalue weighted by Gasteiger charge is 2.18. The number of benzene rings is 3. The Kier molecular flexibility index (Phi) is 8.11. The zero-order chi connectivity index (χ0) is 23.9. The Morgan fingerprint density at radius 3 is 2.56 bits per heavy atom. The van der Waals surface area contributed by atoms with Crippen LogP contribution in [0.25, 0.3) is 0 Å². The summed E-state index contributed by atoms with van der Waals surface area (Å²) >= 11 is 8.92. The number of amides is 1. The van der Waals surface area contributed by atoms with Gasteiger partial charge in [-0.25, -0.2) is 9.97 Å². The summed E-state index contributed by atoms with van der Waals surface area (Å²) in [5, 5.41) is 4.11. The topological polar surface area (TPSA) is 64.1 Å². The normalized spacial score (nSPS) is 10.7. The number of halogens is 1. The molecule has 1 N–H and O–H groups in total. The lowest BCUT2D eigenvalue weighted by molar-refractivity contribution is 0.101. The molecule has 4 rings (SSSR count). The Balaban J connectivity index is 1.59. The van der Waals surface area contributed by atoms with E-state index in [0.717, 1.165) is 4.90 Å². The largest absolute Gasteiger partial charge is 0.497 e. The molecule has 1 amide bonds. The van der Waals surface area contributed by atoms with Crippen molar-refractivity contribution < 1.29 is 9.53 Å². The van der Waals surface area contributed by atoms with Gasteiger partial charge < -0.3 is 10.1 Å². The van der Waals surface area contributed by atoms with Crippen LogP contribution in [0.15, 0.2) is 93.9 Å². The fraction of sp³-hybridized carbons (Fsp3) is 0.115. The molecule has 5 nitrogen and oxygen atoms in total. The molecule has 4 aromatic rings. The summed E-state index contributed by atoms with van der Waals surface area (Å²) < 4.78 is 5.26. The molecule has 0 saturated carbocycles. The van der Waals surface area contributed by atoms with Gasteiger partial charge in [0.25, 0.3) is 5.91 Å². The number of aryl methyl sites for hydroxylation is 1. The fourth-order valence-electron chi connectivity index (χ4n) is 3.01. The van der Waals surface area contributed by atoms with Crippen molar-refractivity contribution in [2.45, 2.75) is 27.6 Å². The standard InChI is InChI=1S/C26H22ClN3O2S2/c1-17-6-8-18(9-7-17)16-33-26-28-15-23(34-22-12-10-19(27)11-13-22)24(30-26)25(31)29-20-4-3-5-21(14-20)32-2/h3-15H,16H2,1-2H3,(H,29,31). The number of nitrogens with zero attached hydrogens (tertiary/aromatic N) is 2. The molecule has 0 aliphatic heterocycles. The third kappa shape index (κ3) is 6.53. The van der Waals surface area contributed by atoms with E-state index in [9.17, 15) is 4.79 Å². The van der Waals surface area contributed by atoms with Crippen molar-refractivity contribution in [2.24, 2.45) is 0 Å². The van der Waals surface area contributed by atoms with Crippen molar-refractivity contribution in [3.05, 3.63) is 101 Å². The summed E-state index contributed by atoms with van der Waals surface area (Å²) in [7, 11) is 1.59. The van der Waals surface area contributed by atoms with Gasteiger partial charge in [0, 0.05) is 33.6 Å². The van der Waals surface area contributed by atoms with E-state index in [1.165, 1.54) is 34.7 Å². The number of anilines is 1. The quantitative estimate of drug-likeness (QED) is 0.202. The minimum absolute atomic E-state index is 0.309. The second-order valence-corrected chi connectivity index (χ2v) is 9.88. The zero-order valence-electron chi connectivity index (χ0n) is 18.6. The van der Waals surface area contributed by atoms with E-state index < -0.39 is 0 Å². The van der Waals surface area contributed by atoms with E-state index in [-0.39, 0.29) is 5.91 Å². The lowest BCUT2D eigenvalue weighted by Crippen LogP contribution is -2.16. The molecule has 8 heteroatoms. The van der Waals surface area contributed by atoms with Crippen molar-refractivity contribution in [1.82, 2.24) is 9.97 Å². The highest BCUT2D eigenvalue weighted by Crippen LogP contribution is 2.32. The summed E-state index contributed by atoms with van der Waals surface area (Å²) in [6.45, 7) is 2.06. The van der Waals surface area contributed by atoms with Crippen LogP contribution in [-0.2, 0) is 5.75 Å². The number of aromatic nitrogens is 2. The maximum absolute atomic E-state index is 13.3. The summed E-state index contributed by atoms with van der Waals surface area (Å²) in [5.74, 6) is 1.05. The minimum atomic E-state index is -0.315. The Labute approximate surface area is 212 Å². The lowest BCUT2D eigenvalue weighted by Gasteiger charge is -2.11. The van der Waals surface area contributed by atoms with Crippen LogP contribution < -0.4 is 10.1 Å². The van der Waals surface area contributed by atoms with Crippen molar-refractivity contribution in [3.63, 3.8) is 0 Å². The van der Waals surface area contributed by atoms with Crippen LogP contribution in [0.1, 0.15) is 21.6 Å². The predicted octanol–water partition coefficient (Wildman–Crippen LogP) is 7.14. The average molecular weight is 508 g/mol. The number of rotatable bonds is 8. The first-order chi connectivity index (χ1) is 16.5. The van der Waals surface area contributed by atoms with Gasteiger partial charge in [0.15, 0.2) is 5.16 Å². The van der Waals surface area contributed by atoms with Crippen LogP contribution in [0.4, 0.5) is 5.69 Å². The predicted molar refractivity (Wildman–Crippen MR) is 139 cm³/mol. The molecule has 0 radical (unpaired) electrons. The molecule has 0 unspecified atom stereocenters. The van der Waals surface area contributed by atoms with Gasteiger partial charge in [-0.05, 0) is 48.9 Å². The molecule has 0 saturated heterocycles. The second-order valence-electron chi connectivity index (χ2n) is 7.38. The number of methoxy groups -OCH3 is 1. The number of nitrogens with one attached hydrogen (secondary N) is 1. The van der Waals surface area contributed by atoms with Crippen LogP contribution in [0.2, 0.25) is 5.02 Å². The van der Waals surface area contributed by atoms with Gasteiger partial charge in [0.2, 0.25) is 0 Å². The summed E-state index contributed by atoms with van der Waals surface area (Å²) in [6.07, 6.45) is 1.70. The second kappa shape index (κ2) is 11.4. The molecule has 0 aliphatic rings. The number of thioether (sulfide) groups is 1. The van der Waals surface area contributed by atoms with Crippen LogP contribution in [0.3, 0.4) is 0 Å². The third-order valence-electron chi connectivity index (χ3n) is 4.81. The van der Waals surface area contributed by atoms with E-state index in [0.29, 0.717) is 38.0 Å². The SMILES string of the molecule is COc1cccc(NC(=O)c2nc(SCc3ccc(C)cc3)ncc2Sc2ccc(Cl)cc2)c1. The summed E-state index contributed by atoms with van der Waals surface area (Å²) in [4.78, 5) is 24.0. The van der Waals surface area contributed by atoms with Gasteiger partial charge in [0.05, 0.1) is 12.0 Å². The number of carbonyl (C=O) groups excluding carboxylic acids is 1. The van der Waals surface area contributed by atoms with Gasteiger partial charge in [-0.15, -0.1) is 0 Å². The molecular weight excluding hydrogens is 486 g/mol. The van der Waals surface area contributed by atoms with Crippen LogP contribution in [-0.4, -0.2) is 23.0 Å². The third-order valence-corrected chi connectivity index (χ3v) is 7.02. The van der Waals surface area contributed by atoms with Crippen molar-refractivity contribution in [3.8, 4) is 5.75 Å². The van der Waals surface area contributed by atoms with E-state index >= 15 is 0 Å². The maximum Gasteiger partial charge on any atom is 0.275 e. The molecule has 0 atom stereocenters. The van der Waals surface area contributed by atoms with E-state index in [1.807, 2.05) is 36.4 Å². The number of carbonyl (C=O) groups is 1. The zero-order valence-corrected chi connectivity index (χ0v) is 21.0. The number of hydrogen-bond donors (Lipinski definition) is 1. The summed E-state index contributed by atoms with van der Waals surface area (Å²) in [6, 6.07) is 23.0. The maximum atomic E-state index is 13.3. The number of ether oxygens (including phenoxy) is 1. The molecule has 172 valence electrons. The molecule has 34 heavy (non-hydrogen) atoms. The molecular formula is C26H22ClN3O2S2. The Morgan fingerprint density at radius 2 is 1.82 bits per heavy atom. The highest BCUT2D eigenvalue weighted by atomic mass is 35.5. The van der Waals surface area contributed by atoms with Gasteiger partial charge in [-0.3, -0.25) is 4.79 Å². The van der Waals surface area contributed by atoms with E-state index in [2.05, 4.69) is 46.5 Å². The summed E-state index contributed by atoms with van der Waals surface area (Å²) in [5.41, 5.74) is 3.31. The highest BCUT2D eigenvalue weighted by molar-refractivity contribution is 7.99. The van der Waals surface area contributed by atoms with Gasteiger partial charge in [-0.1, -0.05) is 71.0 Å². The minimum Gasteiger partial charge on any atom is -0.497 e. The smallest absolute Gasteiger partial charge is 0.275 e. The molecule has 1 aromatic heterocycles. The lowest BCUT2D eigenvalue weighted by atomic mass is 10.2. The first-order valence-electron chi connectivity index (χ1n) is 10.4. The van der Waals surface area contributed by atoms with Crippen LogP contribution in [0.5, 0.6) is 5.75 Å². The van der Waals surface area contributed by atoms with Gasteiger partial charge in [-0.2, -0.15) is 0 Å². The van der Waals surface area contributed by atoms with E-state index in [1.54, 1.807) is 25.4 Å². The monoisotopic (exact) mass is 507 g/mol. The average Bonchev–Trinajstić information content (AvgIpc) is 2.85. The van der Waals surface area contributed by atoms with Crippen molar-refractivity contribution >= 4 is 46.7 Å². The first kappa shape index (κ1) is 24.1. The van der Waals surface area contributed by atoms with Gasteiger partial charge in [0.1, 0.15) is 11.4 Å². The Hall–Kier alpha value is -3.00. The molecule has 3 aromatic carbocycles. The molecule has 0 fully saturated rings. The first-order valence-corrected chi connectivity index (χ1v) is 12.6. The van der Waals surface area contributed by atoms with Gasteiger partial charge >= 0.3 is 0 Å². The van der Waals surface area contributed by atoms with Crippen molar-refractivity contribution in [1.29, 1.82) is 0 Å². The molecule has 1 heterocycles. The van der Waals surface area contributed by atoms with E-state index in [4.69, 9.17) is 16.3 Å². The molecule has 0 bridgehead atoms. The molecule has 0 aliphatic carbocycles. The molecule has 0 spiro atoms.